The van der Waals surface area contributed by atoms with E-state index in [9.17, 15) is 4.79 Å². The first kappa shape index (κ1) is 12.6. The molecule has 4 heteroatoms. The summed E-state index contributed by atoms with van der Waals surface area (Å²) in [4.78, 5) is 17.7. The summed E-state index contributed by atoms with van der Waals surface area (Å²) in [6.07, 6.45) is 0. The molecule has 96 valence electrons. The molecule has 0 aliphatic rings. The molecule has 1 heterocycles. The average Bonchev–Trinajstić information content (AvgIpc) is 2.33. The molecule has 0 spiro atoms. The topological polar surface area (TPSA) is 45.3 Å². The number of nitrogens with one attached hydrogen (secondary N) is 1. The molecule has 0 aliphatic carbocycles. The molecule has 0 amide bonds. The maximum Gasteiger partial charge on any atom is 0.194 e. The van der Waals surface area contributed by atoms with Gasteiger partial charge in [0.2, 0.25) is 0 Å². The minimum absolute atomic E-state index is 0.0776. The van der Waals surface area contributed by atoms with Crippen LogP contribution in [0.1, 0.15) is 11.3 Å². The van der Waals surface area contributed by atoms with Crippen molar-refractivity contribution in [2.24, 2.45) is 0 Å². The van der Waals surface area contributed by atoms with Gasteiger partial charge in [-0.2, -0.15) is 0 Å². The minimum Gasteiger partial charge on any atom is -0.495 e. The number of aromatic nitrogens is 1. The first-order valence-corrected chi connectivity index (χ1v) is 5.87. The second kappa shape index (κ2) is 4.82. The second-order valence-corrected chi connectivity index (χ2v) is 4.68. The fourth-order valence-corrected chi connectivity index (χ4v) is 2.12. The van der Waals surface area contributed by atoms with Gasteiger partial charge in [0.25, 0.3) is 0 Å². The van der Waals surface area contributed by atoms with Crippen molar-refractivity contribution in [1.82, 2.24) is 9.88 Å². The molecule has 2 aromatic rings. The number of H-pyrrole nitrogens is 1. The highest BCUT2D eigenvalue weighted by Crippen LogP contribution is 2.22. The molecule has 0 unspecified atom stereocenters. The van der Waals surface area contributed by atoms with E-state index in [4.69, 9.17) is 4.74 Å². The van der Waals surface area contributed by atoms with Gasteiger partial charge < -0.3 is 14.6 Å². The first-order valence-electron chi connectivity index (χ1n) is 5.87. The Morgan fingerprint density at radius 1 is 1.33 bits per heavy atom. The SMILES string of the molecule is COc1cccc2c(=O)c(CN(C)C)c(C)[nH]c12. The van der Waals surface area contributed by atoms with Gasteiger partial charge in [0, 0.05) is 23.2 Å². The van der Waals surface area contributed by atoms with Gasteiger partial charge in [-0.05, 0) is 33.2 Å². The summed E-state index contributed by atoms with van der Waals surface area (Å²) in [6, 6.07) is 5.52. The number of ether oxygens (including phenoxy) is 1. The Morgan fingerprint density at radius 2 is 2.06 bits per heavy atom. The van der Waals surface area contributed by atoms with Crippen molar-refractivity contribution < 1.29 is 4.74 Å². The number of benzene rings is 1. The lowest BCUT2D eigenvalue weighted by Crippen LogP contribution is -2.21. The summed E-state index contributed by atoms with van der Waals surface area (Å²) in [6.45, 7) is 2.56. The molecule has 0 saturated heterocycles. The number of pyridine rings is 1. The number of para-hydroxylation sites is 1. The van der Waals surface area contributed by atoms with Crippen LogP contribution in [-0.2, 0) is 6.54 Å². The van der Waals surface area contributed by atoms with Crippen molar-refractivity contribution in [2.75, 3.05) is 21.2 Å². The van der Waals surface area contributed by atoms with Crippen molar-refractivity contribution in [3.05, 3.63) is 39.7 Å². The monoisotopic (exact) mass is 246 g/mol. The third-order valence-corrected chi connectivity index (χ3v) is 3.00. The minimum atomic E-state index is 0.0776. The molecule has 0 bridgehead atoms. The van der Waals surface area contributed by atoms with Crippen LogP contribution < -0.4 is 10.2 Å². The zero-order valence-electron chi connectivity index (χ0n) is 11.2. The van der Waals surface area contributed by atoms with Crippen LogP contribution in [0.2, 0.25) is 0 Å². The molecular weight excluding hydrogens is 228 g/mol. The molecule has 0 radical (unpaired) electrons. The normalized spacial score (nSPS) is 11.2. The van der Waals surface area contributed by atoms with Gasteiger partial charge in [0.15, 0.2) is 5.43 Å². The molecule has 4 nitrogen and oxygen atoms in total. The van der Waals surface area contributed by atoms with Crippen molar-refractivity contribution in [2.45, 2.75) is 13.5 Å². The number of hydrogen-bond acceptors (Lipinski definition) is 3. The van der Waals surface area contributed by atoms with E-state index in [2.05, 4.69) is 4.98 Å². The summed E-state index contributed by atoms with van der Waals surface area (Å²) >= 11 is 0. The number of aromatic amines is 1. The molecule has 18 heavy (non-hydrogen) atoms. The summed E-state index contributed by atoms with van der Waals surface area (Å²) in [5.41, 5.74) is 2.55. The average molecular weight is 246 g/mol. The fourth-order valence-electron chi connectivity index (χ4n) is 2.12. The van der Waals surface area contributed by atoms with E-state index in [0.29, 0.717) is 17.7 Å². The highest BCUT2D eigenvalue weighted by atomic mass is 16.5. The maximum atomic E-state index is 12.5. The summed E-state index contributed by atoms with van der Waals surface area (Å²) in [5.74, 6) is 0.698. The Kier molecular flexibility index (Phi) is 3.39. The standard InChI is InChI=1S/C14H18N2O2/c1-9-11(8-16(2)3)14(17)10-6-5-7-12(18-4)13(10)15-9/h5-7H,8H2,1-4H3,(H,15,17). The van der Waals surface area contributed by atoms with Gasteiger partial charge in [-0.1, -0.05) is 6.07 Å². The second-order valence-electron chi connectivity index (χ2n) is 4.68. The Balaban J connectivity index is 2.75. The van der Waals surface area contributed by atoms with E-state index in [1.54, 1.807) is 7.11 Å². The number of methoxy groups -OCH3 is 1. The van der Waals surface area contributed by atoms with E-state index in [0.717, 1.165) is 16.8 Å². The zero-order valence-corrected chi connectivity index (χ0v) is 11.2. The third kappa shape index (κ3) is 2.11. The number of fused-ring (bicyclic) bond motifs is 1. The molecule has 2 rings (SSSR count). The van der Waals surface area contributed by atoms with Gasteiger partial charge in [-0.15, -0.1) is 0 Å². The largest absolute Gasteiger partial charge is 0.495 e. The van der Waals surface area contributed by atoms with Gasteiger partial charge in [-0.3, -0.25) is 4.79 Å². The van der Waals surface area contributed by atoms with Crippen molar-refractivity contribution in [3.63, 3.8) is 0 Å². The Bertz CT molecular complexity index is 629. The van der Waals surface area contributed by atoms with Crippen LogP contribution in [0.3, 0.4) is 0 Å². The van der Waals surface area contributed by atoms with Crippen molar-refractivity contribution in [3.8, 4) is 5.75 Å². The van der Waals surface area contributed by atoms with E-state index in [-0.39, 0.29) is 5.43 Å². The first-order chi connectivity index (χ1) is 8.54. The predicted molar refractivity (Wildman–Crippen MR) is 73.2 cm³/mol. The van der Waals surface area contributed by atoms with Crippen LogP contribution in [0.15, 0.2) is 23.0 Å². The lowest BCUT2D eigenvalue weighted by atomic mass is 10.1. The third-order valence-electron chi connectivity index (χ3n) is 3.00. The van der Waals surface area contributed by atoms with Crippen LogP contribution >= 0.6 is 0 Å². The summed E-state index contributed by atoms with van der Waals surface area (Å²) in [7, 11) is 5.51. The highest BCUT2D eigenvalue weighted by molar-refractivity contribution is 5.85. The molecular formula is C14H18N2O2. The lowest BCUT2D eigenvalue weighted by molar-refractivity contribution is 0.399. The van der Waals surface area contributed by atoms with Gasteiger partial charge in [-0.25, -0.2) is 0 Å². The number of hydrogen-bond donors (Lipinski definition) is 1. The maximum absolute atomic E-state index is 12.5. The predicted octanol–water partition coefficient (Wildman–Crippen LogP) is 1.91. The Morgan fingerprint density at radius 3 is 2.67 bits per heavy atom. The number of nitrogens with zero attached hydrogens (tertiary/aromatic N) is 1. The smallest absolute Gasteiger partial charge is 0.194 e. The molecule has 0 atom stereocenters. The van der Waals surface area contributed by atoms with Gasteiger partial charge in [0.1, 0.15) is 5.75 Å². The highest BCUT2D eigenvalue weighted by Gasteiger charge is 2.12. The van der Waals surface area contributed by atoms with Crippen molar-refractivity contribution >= 4 is 10.9 Å². The summed E-state index contributed by atoms with van der Waals surface area (Å²) < 4.78 is 5.28. The Labute approximate surface area is 106 Å². The number of rotatable bonds is 3. The van der Waals surface area contributed by atoms with Crippen LogP contribution in [-0.4, -0.2) is 31.1 Å². The lowest BCUT2D eigenvalue weighted by Gasteiger charge is -2.13. The van der Waals surface area contributed by atoms with Crippen LogP contribution in [0.25, 0.3) is 10.9 Å². The van der Waals surface area contributed by atoms with Crippen LogP contribution in [0.4, 0.5) is 0 Å². The molecule has 1 aromatic carbocycles. The van der Waals surface area contributed by atoms with Gasteiger partial charge >= 0.3 is 0 Å². The van der Waals surface area contributed by atoms with E-state index < -0.39 is 0 Å². The Hall–Kier alpha value is -1.81. The van der Waals surface area contributed by atoms with Crippen molar-refractivity contribution in [1.29, 1.82) is 0 Å². The molecule has 0 saturated carbocycles. The quantitative estimate of drug-likeness (QED) is 0.899. The van der Waals surface area contributed by atoms with E-state index in [1.807, 2.05) is 44.1 Å². The molecule has 0 aliphatic heterocycles. The molecule has 0 fully saturated rings. The van der Waals surface area contributed by atoms with E-state index in [1.165, 1.54) is 0 Å². The molecule has 1 N–H and O–H groups in total. The van der Waals surface area contributed by atoms with Gasteiger partial charge in [0.05, 0.1) is 12.6 Å². The van der Waals surface area contributed by atoms with Crippen LogP contribution in [0, 0.1) is 6.92 Å². The number of aryl methyl sites for hydroxylation is 1. The molecule has 1 aromatic heterocycles. The fraction of sp³-hybridized carbons (Fsp3) is 0.357. The summed E-state index contributed by atoms with van der Waals surface area (Å²) in [5, 5.41) is 0.678. The van der Waals surface area contributed by atoms with E-state index >= 15 is 0 Å². The zero-order chi connectivity index (χ0) is 13.3. The van der Waals surface area contributed by atoms with Crippen LogP contribution in [0.5, 0.6) is 5.75 Å².